The summed E-state index contributed by atoms with van der Waals surface area (Å²) in [6.45, 7) is 6.44. The number of hydrogen-bond acceptors (Lipinski definition) is 6. The van der Waals surface area contributed by atoms with Gasteiger partial charge >= 0.3 is 0 Å². The summed E-state index contributed by atoms with van der Waals surface area (Å²) in [6, 6.07) is 9.08. The van der Waals surface area contributed by atoms with Crippen LogP contribution < -0.4 is 11.1 Å². The van der Waals surface area contributed by atoms with Crippen molar-refractivity contribution in [2.75, 3.05) is 24.1 Å². The number of rotatable bonds is 8. The number of nitrogens with one attached hydrogen (secondary N) is 1. The van der Waals surface area contributed by atoms with Crippen molar-refractivity contribution in [3.05, 3.63) is 94.5 Å². The molecule has 1 aromatic carbocycles. The van der Waals surface area contributed by atoms with Gasteiger partial charge in [0.1, 0.15) is 11.6 Å². The van der Waals surface area contributed by atoms with Crippen molar-refractivity contribution in [2.45, 2.75) is 32.2 Å². The van der Waals surface area contributed by atoms with E-state index in [0.29, 0.717) is 47.0 Å². The third kappa shape index (κ3) is 6.53. The zero-order chi connectivity index (χ0) is 28.9. The van der Waals surface area contributed by atoms with Crippen LogP contribution in [0.15, 0.2) is 72.0 Å². The molecule has 0 saturated carbocycles. The predicted octanol–water partition coefficient (Wildman–Crippen LogP) is 7.16. The Labute approximate surface area is 236 Å². The number of halogens is 3. The Morgan fingerprint density at radius 1 is 1.18 bits per heavy atom. The van der Waals surface area contributed by atoms with Crippen LogP contribution in [0.5, 0.6) is 0 Å². The summed E-state index contributed by atoms with van der Waals surface area (Å²) in [5, 5.41) is 7.33. The van der Waals surface area contributed by atoms with Crippen LogP contribution in [0.1, 0.15) is 23.1 Å². The van der Waals surface area contributed by atoms with E-state index in [9.17, 15) is 8.78 Å². The number of aromatic nitrogens is 2. The van der Waals surface area contributed by atoms with Crippen molar-refractivity contribution < 1.29 is 13.2 Å². The summed E-state index contributed by atoms with van der Waals surface area (Å²) in [6.07, 6.45) is 12.9. The molecule has 5 rings (SSSR count). The van der Waals surface area contributed by atoms with Gasteiger partial charge < -0.3 is 11.1 Å². The summed E-state index contributed by atoms with van der Waals surface area (Å²) in [4.78, 5) is 10.4. The monoisotopic (exact) mass is 561 g/mol. The molecule has 4 aromatic rings. The van der Waals surface area contributed by atoms with E-state index in [2.05, 4.69) is 46.2 Å². The number of pyridine rings is 2. The maximum Gasteiger partial charge on any atom is 0.261 e. The maximum atomic E-state index is 15.8. The van der Waals surface area contributed by atoms with Crippen LogP contribution in [-0.2, 0) is 13.0 Å². The molecular weight excluding hydrogens is 531 g/mol. The average Bonchev–Trinajstić information content (AvgIpc) is 3.58. The number of likely N-dealkylation sites (tertiary alicyclic amines) is 1. The fraction of sp³-hybridized carbons (Fsp3) is 0.226. The van der Waals surface area contributed by atoms with Crippen LogP contribution in [0.4, 0.5) is 24.7 Å². The highest BCUT2D eigenvalue weighted by Gasteiger charge is 2.37. The Morgan fingerprint density at radius 3 is 2.67 bits per heavy atom. The number of anilines is 2. The molecule has 0 atom stereocenters. The summed E-state index contributed by atoms with van der Waals surface area (Å²) >= 11 is 1.62. The van der Waals surface area contributed by atoms with Crippen LogP contribution in [0.3, 0.4) is 0 Å². The Balaban J connectivity index is 0.00000181. The largest absolute Gasteiger partial charge is 0.398 e. The number of nitrogens with two attached hydrogens (primary N) is 1. The molecule has 40 heavy (non-hydrogen) atoms. The molecule has 5 nitrogen and oxygen atoms in total. The van der Waals surface area contributed by atoms with Gasteiger partial charge in [-0.05, 0) is 70.3 Å². The first-order chi connectivity index (χ1) is 19.2. The number of allylic oxidation sites excluding steroid dienone is 1. The molecule has 0 spiro atoms. The number of nitrogen functional groups attached to an aromatic ring is 1. The Morgan fingerprint density at radius 2 is 1.98 bits per heavy atom. The second-order valence-electron chi connectivity index (χ2n) is 9.64. The fourth-order valence-corrected chi connectivity index (χ4v) is 5.43. The number of thiophene rings is 1. The van der Waals surface area contributed by atoms with Crippen LogP contribution in [0.2, 0.25) is 0 Å². The Bertz CT molecular complexity index is 1510. The van der Waals surface area contributed by atoms with Crippen LogP contribution in [-0.4, -0.2) is 33.9 Å². The summed E-state index contributed by atoms with van der Waals surface area (Å²) in [7, 11) is 0. The van der Waals surface area contributed by atoms with Gasteiger partial charge in [0.05, 0.1) is 6.54 Å². The topological polar surface area (TPSA) is 67.1 Å². The molecule has 0 amide bonds. The van der Waals surface area contributed by atoms with Gasteiger partial charge in [-0.25, -0.2) is 18.2 Å². The molecular formula is C31H30F3N5S. The van der Waals surface area contributed by atoms with Crippen molar-refractivity contribution >= 4 is 22.8 Å². The van der Waals surface area contributed by atoms with Gasteiger partial charge in [-0.3, -0.25) is 9.88 Å². The molecule has 0 aliphatic carbocycles. The molecule has 0 bridgehead atoms. The van der Waals surface area contributed by atoms with Crippen LogP contribution in [0, 0.1) is 25.6 Å². The lowest BCUT2D eigenvalue weighted by Gasteiger charge is -2.17. The van der Waals surface area contributed by atoms with Gasteiger partial charge in [0.2, 0.25) is 0 Å². The van der Waals surface area contributed by atoms with Crippen molar-refractivity contribution in [1.29, 1.82) is 0 Å². The molecule has 9 heteroatoms. The van der Waals surface area contributed by atoms with E-state index in [4.69, 9.17) is 5.73 Å². The minimum Gasteiger partial charge on any atom is -0.398 e. The molecule has 1 aliphatic rings. The Hall–Kier alpha value is -4.13. The second-order valence-corrected chi connectivity index (χ2v) is 10.4. The molecule has 0 unspecified atom stereocenters. The highest BCUT2D eigenvalue weighted by molar-refractivity contribution is 7.08. The van der Waals surface area contributed by atoms with E-state index >= 15 is 4.39 Å². The number of benzene rings is 1. The normalized spacial score (nSPS) is 14.3. The average molecular weight is 562 g/mol. The lowest BCUT2D eigenvalue weighted by atomic mass is 9.98. The first kappa shape index (κ1) is 28.9. The minimum atomic E-state index is -2.67. The number of nitrogens with zero attached hydrogens (tertiary/aromatic N) is 3. The molecule has 1 aliphatic heterocycles. The van der Waals surface area contributed by atoms with Crippen molar-refractivity contribution in [1.82, 2.24) is 14.9 Å². The van der Waals surface area contributed by atoms with E-state index in [-0.39, 0.29) is 19.4 Å². The third-order valence-electron chi connectivity index (χ3n) is 6.76. The molecule has 1 fully saturated rings. The molecule has 206 valence electrons. The quantitative estimate of drug-likeness (QED) is 0.177. The molecule has 0 radical (unpaired) electrons. The molecule has 3 aromatic heterocycles. The van der Waals surface area contributed by atoms with E-state index in [1.54, 1.807) is 53.0 Å². The summed E-state index contributed by atoms with van der Waals surface area (Å²) < 4.78 is 43.0. The standard InChI is InChI=1S/C29H28F3N5S.C2H2/c1-18(36-28-19(2)23(5-8-35-28)21-6-10-38-16-21)11-25-26(33)4-3-24(27(25)30)22-12-20(13-34-14-22)15-37-9-7-29(31,32)17-37;1-2/h3-6,8,10,12-14,16H,1,7,9,11,15,17,33H2,2H3,(H,35,36);1-2H. The predicted molar refractivity (Wildman–Crippen MR) is 158 cm³/mol. The highest BCUT2D eigenvalue weighted by Crippen LogP contribution is 2.33. The second kappa shape index (κ2) is 12.4. The van der Waals surface area contributed by atoms with Crippen LogP contribution in [0.25, 0.3) is 22.3 Å². The van der Waals surface area contributed by atoms with Gasteiger partial charge in [0.15, 0.2) is 0 Å². The zero-order valence-corrected chi connectivity index (χ0v) is 22.9. The first-order valence-corrected chi connectivity index (χ1v) is 13.5. The number of terminal acetylenes is 1. The summed E-state index contributed by atoms with van der Waals surface area (Å²) in [5.74, 6) is -2.48. The van der Waals surface area contributed by atoms with Crippen LogP contribution >= 0.6 is 11.3 Å². The van der Waals surface area contributed by atoms with Gasteiger partial charge in [0, 0.05) is 72.6 Å². The van der Waals surface area contributed by atoms with E-state index < -0.39 is 11.7 Å². The lowest BCUT2D eigenvalue weighted by molar-refractivity contribution is 0.0115. The van der Waals surface area contributed by atoms with Gasteiger partial charge in [-0.15, -0.1) is 12.8 Å². The highest BCUT2D eigenvalue weighted by atomic mass is 32.1. The van der Waals surface area contributed by atoms with Crippen molar-refractivity contribution in [3.8, 4) is 35.1 Å². The van der Waals surface area contributed by atoms with Crippen molar-refractivity contribution in [2.24, 2.45) is 0 Å². The van der Waals surface area contributed by atoms with Gasteiger partial charge in [-0.2, -0.15) is 11.3 Å². The molecule has 3 N–H and O–H groups in total. The van der Waals surface area contributed by atoms with E-state index in [1.807, 2.05) is 18.4 Å². The number of alkyl halides is 2. The number of hydrogen-bond donors (Lipinski definition) is 2. The zero-order valence-electron chi connectivity index (χ0n) is 22.1. The lowest BCUT2D eigenvalue weighted by Crippen LogP contribution is -2.24. The minimum absolute atomic E-state index is 0.151. The van der Waals surface area contributed by atoms with E-state index in [0.717, 1.165) is 22.3 Å². The maximum absolute atomic E-state index is 15.8. The van der Waals surface area contributed by atoms with Crippen molar-refractivity contribution in [3.63, 3.8) is 0 Å². The molecule has 4 heterocycles. The SMILES string of the molecule is C#C.C=C(Cc1c(N)ccc(-c2cncc(CN3CCC(F)(F)C3)c2)c1F)Nc1nccc(-c2ccsc2)c1C. The Kier molecular flexibility index (Phi) is 8.93. The van der Waals surface area contributed by atoms with Gasteiger partial charge in [-0.1, -0.05) is 6.58 Å². The van der Waals surface area contributed by atoms with Gasteiger partial charge in [0.25, 0.3) is 5.92 Å². The van der Waals surface area contributed by atoms with E-state index in [1.165, 1.54) is 0 Å². The third-order valence-corrected chi connectivity index (χ3v) is 7.45. The first-order valence-electron chi connectivity index (χ1n) is 12.6. The smallest absolute Gasteiger partial charge is 0.261 e. The molecule has 1 saturated heterocycles. The fourth-order valence-electron chi connectivity index (χ4n) is 4.78. The summed E-state index contributed by atoms with van der Waals surface area (Å²) in [5.41, 5.74) is 12.1.